The van der Waals surface area contributed by atoms with Crippen LogP contribution in [0.15, 0.2) is 95.6 Å². The molecule has 13 rings (SSSR count). The van der Waals surface area contributed by atoms with Crippen LogP contribution in [0.2, 0.25) is 0 Å². The SMILES string of the molecule is C1=C2CCC34c5ccccc5C5(CCC6=C1CCc1ccc(cc1)CCC23C65)c1ccccc14. The summed E-state index contributed by atoms with van der Waals surface area (Å²) in [5.41, 5.74) is 15.6. The maximum atomic E-state index is 2.75. The average molecular weight is 439 g/mol. The van der Waals surface area contributed by atoms with E-state index in [-0.39, 0.29) is 16.2 Å². The second kappa shape index (κ2) is 5.85. The van der Waals surface area contributed by atoms with Crippen LogP contribution < -0.4 is 0 Å². The third-order valence-corrected chi connectivity index (χ3v) is 11.2. The Bertz CT molecular complexity index is 1410. The molecule has 0 aliphatic heterocycles. The van der Waals surface area contributed by atoms with Gasteiger partial charge in [0.05, 0.1) is 0 Å². The summed E-state index contributed by atoms with van der Waals surface area (Å²) >= 11 is 0. The lowest BCUT2D eigenvalue weighted by molar-refractivity contribution is 0.0600. The summed E-state index contributed by atoms with van der Waals surface area (Å²) in [4.78, 5) is 0. The summed E-state index contributed by atoms with van der Waals surface area (Å²) in [5.74, 6) is 0.652. The van der Waals surface area contributed by atoms with Crippen LogP contribution >= 0.6 is 0 Å². The molecule has 0 nitrogen and oxygen atoms in total. The van der Waals surface area contributed by atoms with Gasteiger partial charge in [0.1, 0.15) is 0 Å². The van der Waals surface area contributed by atoms with E-state index in [1.54, 1.807) is 33.4 Å². The molecule has 0 N–H and O–H groups in total. The highest BCUT2D eigenvalue weighted by Gasteiger charge is 2.76. The van der Waals surface area contributed by atoms with Gasteiger partial charge >= 0.3 is 0 Å². The zero-order valence-electron chi connectivity index (χ0n) is 19.7. The third kappa shape index (κ3) is 1.74. The first-order chi connectivity index (χ1) is 16.8. The van der Waals surface area contributed by atoms with Gasteiger partial charge in [-0.05, 0) is 90.3 Å². The summed E-state index contributed by atoms with van der Waals surface area (Å²) in [5, 5.41) is 0. The van der Waals surface area contributed by atoms with Crippen LogP contribution in [0.3, 0.4) is 0 Å². The zero-order valence-corrected chi connectivity index (χ0v) is 19.7. The van der Waals surface area contributed by atoms with Gasteiger partial charge in [0.2, 0.25) is 0 Å². The molecule has 0 heteroatoms. The van der Waals surface area contributed by atoms with E-state index in [0.717, 1.165) is 0 Å². The van der Waals surface area contributed by atoms with E-state index in [4.69, 9.17) is 0 Å². The fourth-order valence-electron chi connectivity index (χ4n) is 10.3. The monoisotopic (exact) mass is 438 g/mol. The summed E-state index contributed by atoms with van der Waals surface area (Å²) in [6, 6.07) is 29.1. The van der Waals surface area contributed by atoms with E-state index in [0.29, 0.717) is 5.92 Å². The highest BCUT2D eigenvalue weighted by molar-refractivity contribution is 5.73. The van der Waals surface area contributed by atoms with E-state index in [2.05, 4.69) is 78.9 Å². The number of aryl methyl sites for hydroxylation is 2. The Morgan fingerprint density at radius 2 is 1.21 bits per heavy atom. The van der Waals surface area contributed by atoms with E-state index in [9.17, 15) is 0 Å². The average Bonchev–Trinajstić information content (AvgIpc) is 3.44. The van der Waals surface area contributed by atoms with Crippen molar-refractivity contribution in [3.8, 4) is 0 Å². The third-order valence-electron chi connectivity index (χ3n) is 11.2. The van der Waals surface area contributed by atoms with Crippen LogP contribution in [-0.4, -0.2) is 0 Å². The fourth-order valence-corrected chi connectivity index (χ4v) is 10.3. The van der Waals surface area contributed by atoms with Gasteiger partial charge in [-0.25, -0.2) is 0 Å². The Morgan fingerprint density at radius 3 is 1.91 bits per heavy atom. The van der Waals surface area contributed by atoms with Crippen molar-refractivity contribution in [3.63, 3.8) is 0 Å². The predicted octanol–water partition coefficient (Wildman–Crippen LogP) is 7.59. The van der Waals surface area contributed by atoms with Gasteiger partial charge in [-0.3, -0.25) is 0 Å². The van der Waals surface area contributed by atoms with E-state index in [1.807, 2.05) is 5.57 Å². The van der Waals surface area contributed by atoms with Gasteiger partial charge in [-0.15, -0.1) is 0 Å². The van der Waals surface area contributed by atoms with Crippen LogP contribution in [0.5, 0.6) is 0 Å². The number of rotatable bonds is 0. The van der Waals surface area contributed by atoms with Crippen molar-refractivity contribution in [2.24, 2.45) is 11.3 Å². The quantitative estimate of drug-likeness (QED) is 0.339. The van der Waals surface area contributed by atoms with Gasteiger partial charge in [-0.2, -0.15) is 0 Å². The summed E-state index contributed by atoms with van der Waals surface area (Å²) in [7, 11) is 0. The van der Waals surface area contributed by atoms with Crippen LogP contribution in [0.25, 0.3) is 0 Å². The lowest BCUT2D eigenvalue weighted by atomic mass is 9.34. The lowest BCUT2D eigenvalue weighted by Gasteiger charge is -2.67. The smallest absolute Gasteiger partial charge is 0.0311 e. The maximum absolute atomic E-state index is 2.75. The van der Waals surface area contributed by atoms with E-state index in [1.165, 1.54) is 62.5 Å². The largest absolute Gasteiger partial charge is 0.0619 e. The lowest BCUT2D eigenvalue weighted by Crippen LogP contribution is -2.64. The molecule has 0 amide bonds. The molecule has 6 bridgehead atoms. The van der Waals surface area contributed by atoms with Crippen LogP contribution in [0.4, 0.5) is 0 Å². The van der Waals surface area contributed by atoms with Gasteiger partial charge in [0.15, 0.2) is 0 Å². The van der Waals surface area contributed by atoms with Crippen LogP contribution in [-0.2, 0) is 23.7 Å². The molecule has 2 atom stereocenters. The van der Waals surface area contributed by atoms with Crippen molar-refractivity contribution in [1.82, 2.24) is 0 Å². The zero-order chi connectivity index (χ0) is 22.1. The van der Waals surface area contributed by atoms with Crippen LogP contribution in [0.1, 0.15) is 71.9 Å². The minimum atomic E-state index is 0.129. The standard InChI is InChI=1S/C34H30/c1-3-7-29-27(5-1)32-18-17-26-24-14-13-22-9-11-23(12-10-22)15-19-33(31(26)32)25(21-24)16-20-34(29,33)30-8-4-2-6-28(30)32/h1-12,21,31H,13-20H2. The highest BCUT2D eigenvalue weighted by Crippen LogP contribution is 2.82. The van der Waals surface area contributed by atoms with E-state index < -0.39 is 0 Å². The van der Waals surface area contributed by atoms with Crippen molar-refractivity contribution in [3.05, 3.63) is 129 Å². The molecule has 2 unspecified atom stereocenters. The highest BCUT2D eigenvalue weighted by atomic mass is 14.8. The van der Waals surface area contributed by atoms with Crippen molar-refractivity contribution in [2.45, 2.75) is 62.2 Å². The summed E-state index contributed by atoms with van der Waals surface area (Å²) in [6.45, 7) is 0. The molecule has 3 aromatic rings. The molecule has 166 valence electrons. The minimum absolute atomic E-state index is 0.129. The van der Waals surface area contributed by atoms with Gasteiger partial charge in [0, 0.05) is 22.2 Å². The Balaban J connectivity index is 1.45. The second-order valence-corrected chi connectivity index (χ2v) is 11.9. The molecule has 0 heterocycles. The Kier molecular flexibility index (Phi) is 3.18. The Labute approximate surface area is 202 Å². The summed E-state index contributed by atoms with van der Waals surface area (Å²) < 4.78 is 0. The first-order valence-electron chi connectivity index (χ1n) is 13.5. The van der Waals surface area contributed by atoms with Crippen LogP contribution in [0, 0.1) is 11.3 Å². The second-order valence-electron chi connectivity index (χ2n) is 11.9. The van der Waals surface area contributed by atoms with Crippen molar-refractivity contribution in [1.29, 1.82) is 0 Å². The normalized spacial score (nSPS) is 35.4. The maximum Gasteiger partial charge on any atom is 0.0311 e. The fraction of sp³-hybridized carbons (Fsp3) is 0.353. The first kappa shape index (κ1) is 18.5. The van der Waals surface area contributed by atoms with Crippen molar-refractivity contribution < 1.29 is 0 Å². The topological polar surface area (TPSA) is 0 Å². The number of hydrogen-bond donors (Lipinski definition) is 0. The molecule has 3 spiro atoms. The molecule has 3 aromatic carbocycles. The Morgan fingerprint density at radius 1 is 0.559 bits per heavy atom. The number of benzene rings is 3. The molecule has 10 aliphatic rings. The molecule has 0 radical (unpaired) electrons. The molecule has 2 saturated carbocycles. The van der Waals surface area contributed by atoms with Gasteiger partial charge in [0.25, 0.3) is 0 Å². The van der Waals surface area contributed by atoms with Crippen molar-refractivity contribution >= 4 is 0 Å². The van der Waals surface area contributed by atoms with Gasteiger partial charge in [-0.1, -0.05) is 90.0 Å². The van der Waals surface area contributed by atoms with E-state index >= 15 is 0 Å². The predicted molar refractivity (Wildman–Crippen MR) is 137 cm³/mol. The number of hydrogen-bond acceptors (Lipinski definition) is 0. The van der Waals surface area contributed by atoms with Crippen molar-refractivity contribution in [2.75, 3.05) is 0 Å². The Hall–Kier alpha value is -2.86. The minimum Gasteiger partial charge on any atom is -0.0619 e. The molecule has 0 aromatic heterocycles. The molecular weight excluding hydrogens is 408 g/mol. The molecule has 2 fully saturated rings. The van der Waals surface area contributed by atoms with Gasteiger partial charge < -0.3 is 0 Å². The molecular formula is C34H30. The molecule has 0 saturated heterocycles. The molecule has 10 aliphatic carbocycles. The summed E-state index contributed by atoms with van der Waals surface area (Å²) in [6.07, 6.45) is 12.7. The number of allylic oxidation sites excluding steroid dienone is 4. The molecule has 34 heavy (non-hydrogen) atoms. The first-order valence-corrected chi connectivity index (χ1v) is 13.5.